The van der Waals surface area contributed by atoms with Crippen LogP contribution in [0.2, 0.25) is 0 Å². The van der Waals surface area contributed by atoms with E-state index in [0.717, 1.165) is 51.4 Å². The van der Waals surface area contributed by atoms with Gasteiger partial charge in [0.05, 0.1) is 34.4 Å². The normalized spacial score (nSPS) is 12.9. The Morgan fingerprint density at radius 2 is 0.667 bits per heavy atom. The summed E-state index contributed by atoms with van der Waals surface area (Å²) < 4.78 is 23.0. The van der Waals surface area contributed by atoms with E-state index in [2.05, 4.69) is 50.3 Å². The molecule has 9 nitrogen and oxygen atoms in total. The van der Waals surface area contributed by atoms with Crippen LogP contribution in [0.5, 0.6) is 0 Å². The zero-order valence-electron chi connectivity index (χ0n) is 54.5. The monoisotopic (exact) mass is 1140 g/mol. The van der Waals surface area contributed by atoms with Crippen molar-refractivity contribution in [3.05, 3.63) is 36.5 Å². The number of hydrogen-bond acceptors (Lipinski definition) is 7. The average molecular weight is 1140 g/mol. The molecule has 0 fully saturated rings. The zero-order valence-corrected chi connectivity index (χ0v) is 54.5. The minimum atomic E-state index is -1.51. The molecule has 0 aliphatic rings. The quantitative estimate of drug-likeness (QED) is 0.0211. The molecule has 2 unspecified atom stereocenters. The second kappa shape index (κ2) is 63.5. The Kier molecular flexibility index (Phi) is 61.6. The number of unbranched alkanes of at least 4 members (excludes halogenated alkanes) is 45. The molecule has 0 aliphatic heterocycles. The fourth-order valence-electron chi connectivity index (χ4n) is 10.5. The van der Waals surface area contributed by atoms with Crippen molar-refractivity contribution in [1.29, 1.82) is 0 Å². The number of allylic oxidation sites excluding steroid dienone is 6. The average Bonchev–Trinajstić information content (AvgIpc) is 3.44. The van der Waals surface area contributed by atoms with Gasteiger partial charge in [-0.3, -0.25) is 9.59 Å². The zero-order chi connectivity index (χ0) is 59.1. The molecular formula is C72H136NO8+. The molecule has 0 spiro atoms. The Bertz CT molecular complexity index is 1420. The highest BCUT2D eigenvalue weighted by molar-refractivity contribution is 5.71. The third-order valence-corrected chi connectivity index (χ3v) is 15.9. The molecular weight excluding hydrogens is 1010 g/mol. The molecule has 476 valence electrons. The van der Waals surface area contributed by atoms with Crippen LogP contribution in [0, 0.1) is 0 Å². The van der Waals surface area contributed by atoms with Gasteiger partial charge in [0.15, 0.2) is 6.10 Å². The van der Waals surface area contributed by atoms with E-state index < -0.39 is 18.4 Å². The van der Waals surface area contributed by atoms with Crippen LogP contribution in [-0.4, -0.2) is 87.4 Å². The molecule has 0 saturated heterocycles. The maximum atomic E-state index is 12.9. The summed E-state index contributed by atoms with van der Waals surface area (Å²) in [6.45, 7) is 4.93. The number of ether oxygens (including phenoxy) is 4. The van der Waals surface area contributed by atoms with Crippen LogP contribution in [0.25, 0.3) is 0 Å². The van der Waals surface area contributed by atoms with Crippen LogP contribution in [0.15, 0.2) is 36.5 Å². The van der Waals surface area contributed by atoms with Crippen LogP contribution in [0.3, 0.4) is 0 Å². The first kappa shape index (κ1) is 78.5. The van der Waals surface area contributed by atoms with Crippen molar-refractivity contribution in [2.24, 2.45) is 0 Å². The Morgan fingerprint density at radius 3 is 0.988 bits per heavy atom. The number of carboxylic acids is 1. The van der Waals surface area contributed by atoms with Crippen LogP contribution >= 0.6 is 0 Å². The fourth-order valence-corrected chi connectivity index (χ4v) is 10.5. The highest BCUT2D eigenvalue weighted by Gasteiger charge is 2.25. The number of nitrogens with zero attached hydrogens (tertiary/aromatic N) is 1. The molecule has 2 atom stereocenters. The fraction of sp³-hybridized carbons (Fsp3) is 0.875. The summed E-state index contributed by atoms with van der Waals surface area (Å²) in [7, 11) is 5.99. The van der Waals surface area contributed by atoms with Gasteiger partial charge in [-0.05, 0) is 51.4 Å². The second-order valence-electron chi connectivity index (χ2n) is 25.2. The van der Waals surface area contributed by atoms with E-state index in [1.165, 1.54) is 270 Å². The summed E-state index contributed by atoms with van der Waals surface area (Å²) in [5.74, 6) is -1.98. The maximum absolute atomic E-state index is 12.9. The van der Waals surface area contributed by atoms with Crippen molar-refractivity contribution in [1.82, 2.24) is 0 Å². The molecule has 0 aromatic heterocycles. The van der Waals surface area contributed by atoms with Crippen molar-refractivity contribution < 1.29 is 42.9 Å². The molecule has 81 heavy (non-hydrogen) atoms. The maximum Gasteiger partial charge on any atom is 0.361 e. The molecule has 0 saturated carbocycles. The molecule has 1 N–H and O–H groups in total. The second-order valence-corrected chi connectivity index (χ2v) is 25.2. The third kappa shape index (κ3) is 64.9. The first-order valence-corrected chi connectivity index (χ1v) is 35.2. The molecule has 0 amide bonds. The Balaban J connectivity index is 4.06. The van der Waals surface area contributed by atoms with Crippen LogP contribution in [0.1, 0.15) is 348 Å². The van der Waals surface area contributed by atoms with Crippen LogP contribution < -0.4 is 0 Å². The van der Waals surface area contributed by atoms with E-state index in [0.29, 0.717) is 17.4 Å². The Morgan fingerprint density at radius 1 is 0.370 bits per heavy atom. The number of hydrogen-bond donors (Lipinski definition) is 1. The van der Waals surface area contributed by atoms with E-state index in [-0.39, 0.29) is 38.2 Å². The number of carboxylic acid groups (broad SMARTS) is 1. The van der Waals surface area contributed by atoms with Gasteiger partial charge >= 0.3 is 17.9 Å². The third-order valence-electron chi connectivity index (χ3n) is 15.9. The Hall–Kier alpha value is -2.49. The van der Waals surface area contributed by atoms with Gasteiger partial charge in [0.2, 0.25) is 0 Å². The predicted octanol–water partition coefficient (Wildman–Crippen LogP) is 21.6. The van der Waals surface area contributed by atoms with E-state index >= 15 is 0 Å². The summed E-state index contributed by atoms with van der Waals surface area (Å²) in [4.78, 5) is 37.6. The smallest absolute Gasteiger partial charge is 0.361 e. The molecule has 9 heteroatoms. The number of carbonyl (C=O) groups is 3. The SMILES string of the molecule is CCCCCCC/C=C\C/C=C\C/C=C\CCCCCCCCCCCCCCCCCCCCC(=O)OC(COC(=O)CCCCCCCCCCCCCCCCCCCCCCCCC)COC(OCC[N+](C)(C)C)C(=O)O. The lowest BCUT2D eigenvalue weighted by Crippen LogP contribution is -2.40. The van der Waals surface area contributed by atoms with Crippen molar-refractivity contribution >= 4 is 17.9 Å². The summed E-state index contributed by atoms with van der Waals surface area (Å²) in [6, 6.07) is 0. The van der Waals surface area contributed by atoms with Gasteiger partial charge in [-0.2, -0.15) is 0 Å². The van der Waals surface area contributed by atoms with E-state index in [9.17, 15) is 19.5 Å². The lowest BCUT2D eigenvalue weighted by molar-refractivity contribution is -0.870. The van der Waals surface area contributed by atoms with Crippen LogP contribution in [-0.2, 0) is 33.3 Å². The van der Waals surface area contributed by atoms with E-state index in [4.69, 9.17) is 18.9 Å². The lowest BCUT2D eigenvalue weighted by Gasteiger charge is -2.25. The van der Waals surface area contributed by atoms with Gasteiger partial charge in [-0.1, -0.05) is 320 Å². The number of carbonyl (C=O) groups excluding carboxylic acids is 2. The van der Waals surface area contributed by atoms with Crippen molar-refractivity contribution in [2.45, 2.75) is 360 Å². The molecule has 0 radical (unpaired) electrons. The largest absolute Gasteiger partial charge is 0.477 e. The van der Waals surface area contributed by atoms with Gasteiger partial charge < -0.3 is 28.5 Å². The minimum Gasteiger partial charge on any atom is -0.477 e. The number of likely N-dealkylation sites (N-methyl/N-ethyl adjacent to an activating group) is 1. The first-order valence-electron chi connectivity index (χ1n) is 35.2. The van der Waals surface area contributed by atoms with Crippen molar-refractivity contribution in [3.8, 4) is 0 Å². The highest BCUT2D eigenvalue weighted by atomic mass is 16.7. The number of rotatable bonds is 66. The molecule has 0 aliphatic carbocycles. The summed E-state index contributed by atoms with van der Waals surface area (Å²) in [5, 5.41) is 9.74. The molecule has 0 bridgehead atoms. The topological polar surface area (TPSA) is 108 Å². The van der Waals surface area contributed by atoms with Gasteiger partial charge in [-0.25, -0.2) is 4.79 Å². The number of aliphatic carboxylic acids is 1. The summed E-state index contributed by atoms with van der Waals surface area (Å²) in [5.41, 5.74) is 0. The molecule has 0 heterocycles. The van der Waals surface area contributed by atoms with Gasteiger partial charge in [-0.15, -0.1) is 0 Å². The molecule has 0 aromatic carbocycles. The number of quaternary nitrogens is 1. The van der Waals surface area contributed by atoms with Crippen LogP contribution in [0.4, 0.5) is 0 Å². The van der Waals surface area contributed by atoms with Crippen molar-refractivity contribution in [2.75, 3.05) is 47.5 Å². The number of esters is 2. The van der Waals surface area contributed by atoms with Gasteiger partial charge in [0.25, 0.3) is 6.29 Å². The summed E-state index contributed by atoms with van der Waals surface area (Å²) >= 11 is 0. The Labute approximate surface area is 502 Å². The molecule has 0 rings (SSSR count). The van der Waals surface area contributed by atoms with Gasteiger partial charge in [0, 0.05) is 12.8 Å². The van der Waals surface area contributed by atoms with Gasteiger partial charge in [0.1, 0.15) is 13.2 Å². The molecule has 0 aromatic rings. The minimum absolute atomic E-state index is 0.176. The van der Waals surface area contributed by atoms with E-state index in [1.54, 1.807) is 0 Å². The lowest BCUT2D eigenvalue weighted by atomic mass is 10.0. The first-order chi connectivity index (χ1) is 39.6. The highest BCUT2D eigenvalue weighted by Crippen LogP contribution is 2.19. The van der Waals surface area contributed by atoms with E-state index in [1.807, 2.05) is 21.1 Å². The summed E-state index contributed by atoms with van der Waals surface area (Å²) in [6.07, 6.45) is 76.9. The van der Waals surface area contributed by atoms with Crippen molar-refractivity contribution in [3.63, 3.8) is 0 Å². The standard InChI is InChI=1S/C72H135NO8/c1-6-8-10-12-14-16-18-20-22-24-26-28-30-31-32-33-34-35-36-37-38-39-41-43-45-47-49-51-53-55-57-59-61-63-70(75)81-68(67-80-72(71(76)77)78-65-64-73(3,4)5)66-79-69(74)62-60-58-56-54-52-50-48-46-44-42-40-29-27-25-23-21-19-17-15-13-11-9-7-2/h18,20,24,26,30-31,68,72H,6-17,19,21-23,25,27-29,32-67H2,1-5H3/p+1/b20-18-,26-24-,31-30-. The predicted molar refractivity (Wildman–Crippen MR) is 346 cm³/mol.